The quantitative estimate of drug-likeness (QED) is 0.767. The van der Waals surface area contributed by atoms with E-state index >= 15 is 0 Å². The Morgan fingerprint density at radius 3 is 2.96 bits per heavy atom. The molecule has 1 N–H and O–H groups in total. The van der Waals surface area contributed by atoms with Gasteiger partial charge in [0.1, 0.15) is 11.4 Å². The summed E-state index contributed by atoms with van der Waals surface area (Å²) in [5, 5.41) is 13.2. The molecule has 7 nitrogen and oxygen atoms in total. The Hall–Kier alpha value is -2.67. The average Bonchev–Trinajstić information content (AvgIpc) is 3.39. The number of rotatable bonds is 2. The second kappa shape index (κ2) is 5.95. The van der Waals surface area contributed by atoms with Crippen LogP contribution in [0.25, 0.3) is 11.0 Å². The van der Waals surface area contributed by atoms with Crippen LogP contribution < -0.4 is 5.32 Å². The Bertz CT molecular complexity index is 983. The van der Waals surface area contributed by atoms with Crippen molar-refractivity contribution in [2.24, 2.45) is 0 Å². The van der Waals surface area contributed by atoms with Crippen molar-refractivity contribution in [1.29, 1.82) is 0 Å². The molecule has 134 valence electrons. The van der Waals surface area contributed by atoms with Gasteiger partial charge in [-0.3, -0.25) is 4.79 Å². The molecule has 1 fully saturated rings. The number of nitrogens with one attached hydrogen (secondary N) is 1. The molecule has 1 aromatic carbocycles. The van der Waals surface area contributed by atoms with Gasteiger partial charge in [0, 0.05) is 24.0 Å². The van der Waals surface area contributed by atoms with Crippen LogP contribution in [-0.4, -0.2) is 38.7 Å². The fraction of sp³-hybridized carbons (Fsp3) is 0.421. The van der Waals surface area contributed by atoms with Gasteiger partial charge in [0.05, 0.1) is 12.6 Å². The van der Waals surface area contributed by atoms with E-state index in [4.69, 9.17) is 4.42 Å². The van der Waals surface area contributed by atoms with Crippen LogP contribution in [0.4, 0.5) is 0 Å². The lowest BCUT2D eigenvalue weighted by Crippen LogP contribution is -2.39. The van der Waals surface area contributed by atoms with Crippen LogP contribution in [0.5, 0.6) is 0 Å². The second-order valence-electron chi connectivity index (χ2n) is 7.05. The zero-order valence-electron chi connectivity index (χ0n) is 14.7. The molecule has 1 amide bonds. The lowest BCUT2D eigenvalue weighted by Gasteiger charge is -2.28. The van der Waals surface area contributed by atoms with Crippen molar-refractivity contribution in [2.45, 2.75) is 38.9 Å². The van der Waals surface area contributed by atoms with Gasteiger partial charge >= 0.3 is 0 Å². The first-order valence-electron chi connectivity index (χ1n) is 9.15. The fourth-order valence-corrected chi connectivity index (χ4v) is 4.04. The van der Waals surface area contributed by atoms with Crippen LogP contribution in [-0.2, 0) is 13.1 Å². The molecule has 1 saturated heterocycles. The van der Waals surface area contributed by atoms with E-state index in [1.54, 1.807) is 4.90 Å². The van der Waals surface area contributed by atoms with Crippen molar-refractivity contribution >= 4 is 16.9 Å². The van der Waals surface area contributed by atoms with E-state index in [1.165, 1.54) is 6.42 Å². The Kier molecular flexibility index (Phi) is 3.56. The minimum atomic E-state index is -0.0755. The van der Waals surface area contributed by atoms with Crippen molar-refractivity contribution in [2.75, 3.05) is 13.1 Å². The van der Waals surface area contributed by atoms with Gasteiger partial charge in [-0.05, 0) is 32.4 Å². The number of benzene rings is 1. The molecule has 0 spiro atoms. The summed E-state index contributed by atoms with van der Waals surface area (Å²) in [6, 6.07) is 8.05. The fourth-order valence-electron chi connectivity index (χ4n) is 4.04. The molecule has 0 radical (unpaired) electrons. The summed E-state index contributed by atoms with van der Waals surface area (Å²) in [4.78, 5) is 14.8. The topological polar surface area (TPSA) is 76.2 Å². The third-order valence-corrected chi connectivity index (χ3v) is 5.48. The molecule has 0 saturated carbocycles. The van der Waals surface area contributed by atoms with E-state index in [0.29, 0.717) is 18.8 Å². The minimum Gasteiger partial charge on any atom is -0.451 e. The summed E-state index contributed by atoms with van der Waals surface area (Å²) in [6.45, 7) is 4.80. The number of fused-ring (bicyclic) bond motifs is 2. The summed E-state index contributed by atoms with van der Waals surface area (Å²) in [5.41, 5.74) is 1.65. The van der Waals surface area contributed by atoms with Gasteiger partial charge in [-0.1, -0.05) is 18.2 Å². The van der Waals surface area contributed by atoms with Gasteiger partial charge in [-0.15, -0.1) is 10.2 Å². The molecule has 2 aliphatic rings. The molecular formula is C19H21N5O2. The maximum Gasteiger partial charge on any atom is 0.290 e. The van der Waals surface area contributed by atoms with Crippen LogP contribution in [0.3, 0.4) is 0 Å². The summed E-state index contributed by atoms with van der Waals surface area (Å²) < 4.78 is 8.01. The predicted octanol–water partition coefficient (Wildman–Crippen LogP) is 2.41. The molecule has 1 atom stereocenters. The maximum absolute atomic E-state index is 13.0. The van der Waals surface area contributed by atoms with E-state index in [0.717, 1.165) is 47.7 Å². The molecule has 5 rings (SSSR count). The highest BCUT2D eigenvalue weighted by Crippen LogP contribution is 2.28. The number of carbonyl (C=O) groups is 1. The van der Waals surface area contributed by atoms with E-state index < -0.39 is 0 Å². The Morgan fingerprint density at radius 2 is 2.15 bits per heavy atom. The minimum absolute atomic E-state index is 0.0755. The van der Waals surface area contributed by atoms with Crippen LogP contribution in [0.2, 0.25) is 0 Å². The first kappa shape index (κ1) is 15.6. The molecule has 0 unspecified atom stereocenters. The monoisotopic (exact) mass is 351 g/mol. The first-order valence-corrected chi connectivity index (χ1v) is 9.15. The van der Waals surface area contributed by atoms with Crippen LogP contribution in [0, 0.1) is 6.92 Å². The first-order chi connectivity index (χ1) is 12.7. The number of hydrogen-bond donors (Lipinski definition) is 1. The van der Waals surface area contributed by atoms with Gasteiger partial charge < -0.3 is 19.2 Å². The third-order valence-electron chi connectivity index (χ3n) is 5.48. The summed E-state index contributed by atoms with van der Waals surface area (Å²) >= 11 is 0. The lowest BCUT2D eigenvalue weighted by molar-refractivity contribution is 0.0675. The number of nitrogens with zero attached hydrogens (tertiary/aromatic N) is 4. The number of amides is 1. The summed E-state index contributed by atoms with van der Waals surface area (Å²) in [7, 11) is 0. The van der Waals surface area contributed by atoms with Crippen molar-refractivity contribution < 1.29 is 9.21 Å². The summed E-state index contributed by atoms with van der Waals surface area (Å²) in [6.07, 6.45) is 2.27. The molecule has 7 heteroatoms. The molecule has 3 aromatic rings. The smallest absolute Gasteiger partial charge is 0.290 e. The summed E-state index contributed by atoms with van der Waals surface area (Å²) in [5.74, 6) is 2.21. The Balaban J connectivity index is 1.42. The van der Waals surface area contributed by atoms with Crippen LogP contribution in [0.1, 0.15) is 46.7 Å². The molecule has 2 aromatic heterocycles. The van der Waals surface area contributed by atoms with Gasteiger partial charge in [0.15, 0.2) is 11.6 Å². The zero-order valence-corrected chi connectivity index (χ0v) is 14.7. The number of furan rings is 1. The number of aryl methyl sites for hydroxylation is 1. The number of hydrogen-bond acceptors (Lipinski definition) is 5. The highest BCUT2D eigenvalue weighted by atomic mass is 16.3. The molecule has 2 aliphatic heterocycles. The van der Waals surface area contributed by atoms with Crippen LogP contribution in [0.15, 0.2) is 28.7 Å². The molecule has 0 bridgehead atoms. The maximum atomic E-state index is 13.0. The predicted molar refractivity (Wildman–Crippen MR) is 95.7 cm³/mol. The van der Waals surface area contributed by atoms with E-state index in [1.807, 2.05) is 31.2 Å². The SMILES string of the molecule is Cc1c(C(=O)N2CCn3c(nnc3[C@@H]3CCCN3)C2)oc2ccccc12. The highest BCUT2D eigenvalue weighted by molar-refractivity contribution is 5.98. The van der Waals surface area contributed by atoms with E-state index in [9.17, 15) is 4.79 Å². The van der Waals surface area contributed by atoms with E-state index in [2.05, 4.69) is 20.1 Å². The normalized spacial score (nSPS) is 19.9. The van der Waals surface area contributed by atoms with Crippen molar-refractivity contribution in [1.82, 2.24) is 25.0 Å². The Morgan fingerprint density at radius 1 is 1.27 bits per heavy atom. The Labute approximate surface area is 151 Å². The molecule has 0 aliphatic carbocycles. The van der Waals surface area contributed by atoms with Gasteiger partial charge in [0.2, 0.25) is 0 Å². The molecule has 4 heterocycles. The van der Waals surface area contributed by atoms with Gasteiger partial charge in [0.25, 0.3) is 5.91 Å². The van der Waals surface area contributed by atoms with Gasteiger partial charge in [-0.25, -0.2) is 0 Å². The largest absolute Gasteiger partial charge is 0.451 e. The van der Waals surface area contributed by atoms with E-state index in [-0.39, 0.29) is 11.9 Å². The average molecular weight is 351 g/mol. The van der Waals surface area contributed by atoms with Crippen LogP contribution >= 0.6 is 0 Å². The molecular weight excluding hydrogens is 330 g/mol. The van der Waals surface area contributed by atoms with Gasteiger partial charge in [-0.2, -0.15) is 0 Å². The van der Waals surface area contributed by atoms with Crippen molar-refractivity contribution in [3.8, 4) is 0 Å². The number of carbonyl (C=O) groups excluding carboxylic acids is 1. The van der Waals surface area contributed by atoms with Crippen molar-refractivity contribution in [3.05, 3.63) is 47.2 Å². The standard InChI is InChI=1S/C19H21N5O2/c1-12-13-5-2-3-7-15(13)26-17(12)19(25)23-9-10-24-16(11-23)21-22-18(24)14-6-4-8-20-14/h2-3,5,7,14,20H,4,6,8-11H2,1H3/t14-/m0/s1. The van der Waals surface area contributed by atoms with Crippen molar-refractivity contribution in [3.63, 3.8) is 0 Å². The molecule has 26 heavy (non-hydrogen) atoms. The highest BCUT2D eigenvalue weighted by Gasteiger charge is 2.31. The third kappa shape index (κ3) is 2.34. The number of para-hydroxylation sites is 1. The zero-order chi connectivity index (χ0) is 17.7. The number of aromatic nitrogens is 3. The second-order valence-corrected chi connectivity index (χ2v) is 7.05. The lowest BCUT2D eigenvalue weighted by atomic mass is 10.1.